The molecule has 3 rings (SSSR count). The number of aryl methyl sites for hydroxylation is 4. The van der Waals surface area contributed by atoms with E-state index in [1.165, 1.54) is 299 Å². The predicted molar refractivity (Wildman–Crippen MR) is 343 cm³/mol. The minimum atomic E-state index is 0.979. The Morgan fingerprint density at radius 3 is 1.00 bits per heavy atom. The molecule has 1 aliphatic rings. The van der Waals surface area contributed by atoms with E-state index in [-0.39, 0.29) is 0 Å². The molecule has 0 fully saturated rings. The topological polar surface area (TPSA) is 25.3 Å². The molecule has 0 amide bonds. The summed E-state index contributed by atoms with van der Waals surface area (Å²) in [6.07, 6.45) is 65.9. The molecule has 2 aromatic rings. The van der Waals surface area contributed by atoms with Crippen LogP contribution in [0.5, 0.6) is 0 Å². The minimum absolute atomic E-state index is 0.979. The molecule has 0 aromatic heterocycles. The zero-order valence-electron chi connectivity index (χ0n) is 52.8. The van der Waals surface area contributed by atoms with Crippen molar-refractivity contribution in [3.05, 3.63) is 98.6 Å². The van der Waals surface area contributed by atoms with Gasteiger partial charge in [0, 0.05) is 16.7 Å². The second-order valence-electron chi connectivity index (χ2n) is 23.7. The molecule has 2 nitrogen and oxygen atoms in total. The molecule has 0 atom stereocenters. The quantitative estimate of drug-likeness (QED) is 0.0358. The van der Waals surface area contributed by atoms with Gasteiger partial charge in [-0.3, -0.25) is 0 Å². The van der Waals surface area contributed by atoms with Gasteiger partial charge < -0.3 is 5.53 Å². The van der Waals surface area contributed by atoms with Crippen LogP contribution in [-0.4, -0.2) is 4.70 Å². The van der Waals surface area contributed by atoms with Gasteiger partial charge in [-0.25, -0.2) is 4.70 Å². The van der Waals surface area contributed by atoms with Crippen LogP contribution in [0.25, 0.3) is 16.9 Å². The summed E-state index contributed by atoms with van der Waals surface area (Å²) in [4.78, 5) is 0. The average molecular weight is 1100 g/mol. The van der Waals surface area contributed by atoms with Crippen LogP contribution in [0.4, 0.5) is 0 Å². The van der Waals surface area contributed by atoms with Gasteiger partial charge in [-0.15, -0.1) is 0 Å². The van der Waals surface area contributed by atoms with Crippen molar-refractivity contribution in [3.63, 3.8) is 0 Å². The Bertz CT molecular complexity index is 1730. The van der Waals surface area contributed by atoms with Crippen LogP contribution in [0, 0.1) is 0 Å². The number of benzene rings is 2. The van der Waals surface area contributed by atoms with Crippen molar-refractivity contribution < 1.29 is 19.1 Å². The third-order valence-electron chi connectivity index (χ3n) is 16.2. The van der Waals surface area contributed by atoms with Crippen LogP contribution in [0.15, 0.2) is 59.7 Å². The first kappa shape index (κ1) is 70.9. The fourth-order valence-corrected chi connectivity index (χ4v) is 12.5. The molecule has 1 heterocycles. The van der Waals surface area contributed by atoms with E-state index in [1.807, 2.05) is 14.4 Å². The van der Waals surface area contributed by atoms with Crippen molar-refractivity contribution >= 4 is 11.4 Å². The third-order valence-corrected chi connectivity index (χ3v) is 17.6. The number of nitrogens with zero attached hydrogens (tertiary/aromatic N) is 2. The SMILES string of the molecule is CCCCCCCCC=CC1=C(c2cc(CCCC)cc(CCCC)c2)[N+](=[N-])C(c2cc(CCCCC)cc(CCCCC)c2)=C1CCCC.CCCCCCCCCCCC[CH2][Ni][CH2]CCCCCCCCCCCC. The van der Waals surface area contributed by atoms with E-state index < -0.39 is 0 Å². The smallest absolute Gasteiger partial charge is 0.0654 e. The molecule has 0 N–H and O–H groups in total. The van der Waals surface area contributed by atoms with E-state index in [0.29, 0.717) is 0 Å². The van der Waals surface area contributed by atoms with Crippen LogP contribution in [0.3, 0.4) is 0 Å². The van der Waals surface area contributed by atoms with E-state index >= 15 is 0 Å². The van der Waals surface area contributed by atoms with Gasteiger partial charge >= 0.3 is 166 Å². The van der Waals surface area contributed by atoms with Crippen LogP contribution in [0.1, 0.15) is 358 Å². The van der Waals surface area contributed by atoms with E-state index in [4.69, 9.17) is 0 Å². The zero-order valence-corrected chi connectivity index (χ0v) is 53.8. The van der Waals surface area contributed by atoms with Crippen molar-refractivity contribution in [2.75, 3.05) is 0 Å². The second kappa shape index (κ2) is 50.7. The van der Waals surface area contributed by atoms with Gasteiger partial charge in [0.25, 0.3) is 0 Å². The van der Waals surface area contributed by atoms with E-state index in [9.17, 15) is 5.53 Å². The summed E-state index contributed by atoms with van der Waals surface area (Å²) in [5.74, 6) is 0. The van der Waals surface area contributed by atoms with Gasteiger partial charge in [-0.05, 0) is 124 Å². The third kappa shape index (κ3) is 34.0. The molecule has 0 saturated heterocycles. The predicted octanol–water partition coefficient (Wildman–Crippen LogP) is 26.0. The Balaban J connectivity index is 0.000000636. The van der Waals surface area contributed by atoms with Gasteiger partial charge in [-0.1, -0.05) is 157 Å². The minimum Gasteiger partial charge on any atom is -0.0654 e. The van der Waals surface area contributed by atoms with Crippen molar-refractivity contribution in [1.82, 2.24) is 0 Å². The molecule has 0 bridgehead atoms. The summed E-state index contributed by atoms with van der Waals surface area (Å²) >= 11 is 2.03. The van der Waals surface area contributed by atoms with Crippen molar-refractivity contribution in [2.24, 2.45) is 0 Å². The number of rotatable bonds is 51. The maximum absolute atomic E-state index is 12.5. The first-order valence-corrected chi connectivity index (χ1v) is 35.7. The molecule has 2 aromatic carbocycles. The Morgan fingerprint density at radius 2 is 0.623 bits per heavy atom. The summed E-state index contributed by atoms with van der Waals surface area (Å²) < 4.78 is 1.62. The summed E-state index contributed by atoms with van der Waals surface area (Å²) in [6.45, 7) is 18.3. The Labute approximate surface area is 487 Å². The van der Waals surface area contributed by atoms with Crippen molar-refractivity contribution in [2.45, 2.75) is 362 Å². The van der Waals surface area contributed by atoms with Gasteiger partial charge in [0.2, 0.25) is 11.4 Å². The van der Waals surface area contributed by atoms with Crippen molar-refractivity contribution in [1.29, 1.82) is 0 Å². The summed E-state index contributed by atoms with van der Waals surface area (Å²) in [7, 11) is 0. The average Bonchev–Trinajstić information content (AvgIpc) is 3.77. The number of unbranched alkanes of at least 4 members (excludes halogenated alkanes) is 33. The van der Waals surface area contributed by atoms with Crippen LogP contribution < -0.4 is 0 Å². The fourth-order valence-electron chi connectivity index (χ4n) is 11.2. The Hall–Kier alpha value is -2.25. The first-order valence-electron chi connectivity index (χ1n) is 34.3. The molecule has 77 heavy (non-hydrogen) atoms. The van der Waals surface area contributed by atoms with E-state index in [2.05, 4.69) is 104 Å². The first-order chi connectivity index (χ1) is 37.9. The number of hydrogen-bond donors (Lipinski definition) is 0. The zero-order chi connectivity index (χ0) is 55.7. The molecule has 0 spiro atoms. The standard InChI is InChI=1S/C48H74N2.2C13H27.Ni/c1-7-13-19-20-21-22-23-26-32-46-45(31-18-12-6)47(44-37-41(29-24-14-8-2)34-42(38-44)30-25-15-9-3)50(49)48(46)43-35-39(27-16-10-4)33-40(36-43)28-17-11-5;2*1-3-5-7-9-11-13-12-10-8-6-4-2;/h26,32-38H,7-25,27-31H2,1-6H3;2*1,3-13H2,2H3;. The molecule has 444 valence electrons. The molecule has 1 aliphatic heterocycles. The van der Waals surface area contributed by atoms with Crippen LogP contribution >= 0.6 is 0 Å². The molecule has 0 saturated carbocycles. The normalized spacial score (nSPS) is 12.8. The van der Waals surface area contributed by atoms with Gasteiger partial charge in [0.05, 0.1) is 5.57 Å². The molecule has 0 aliphatic carbocycles. The summed E-state index contributed by atoms with van der Waals surface area (Å²) in [5, 5.41) is 2.86. The van der Waals surface area contributed by atoms with Gasteiger partial charge in [0.1, 0.15) is 0 Å². The molecule has 3 heteroatoms. The van der Waals surface area contributed by atoms with Crippen molar-refractivity contribution in [3.8, 4) is 0 Å². The molecular weight excluding hydrogens is 976 g/mol. The van der Waals surface area contributed by atoms with E-state index in [0.717, 1.165) is 62.8 Å². The monoisotopic (exact) mass is 1100 g/mol. The van der Waals surface area contributed by atoms with Crippen LogP contribution in [-0.2, 0) is 40.1 Å². The molecule has 0 radical (unpaired) electrons. The summed E-state index contributed by atoms with van der Waals surface area (Å²) in [5.41, 5.74) is 25.2. The number of hydrogen-bond acceptors (Lipinski definition) is 0. The van der Waals surface area contributed by atoms with E-state index in [1.54, 1.807) is 4.70 Å². The molecular formula is C74H128N2Ni. The molecule has 0 unspecified atom stereocenters. The Morgan fingerprint density at radius 1 is 0.325 bits per heavy atom. The van der Waals surface area contributed by atoms with Crippen LogP contribution in [0.2, 0.25) is 10.8 Å². The summed E-state index contributed by atoms with van der Waals surface area (Å²) in [6, 6.07) is 14.5. The fraction of sp³-hybridized carbons (Fsp3) is 0.757. The van der Waals surface area contributed by atoms with Gasteiger partial charge in [-0.2, -0.15) is 0 Å². The van der Waals surface area contributed by atoms with Gasteiger partial charge in [0.15, 0.2) is 0 Å². The second-order valence-corrected chi connectivity index (χ2v) is 25.2. The Kier molecular flexibility index (Phi) is 46.7. The maximum atomic E-state index is 12.5. The number of allylic oxidation sites excluding steroid dienone is 4.